The second-order valence-electron chi connectivity index (χ2n) is 20.0. The normalized spacial score (nSPS) is 19.9. The van der Waals surface area contributed by atoms with Gasteiger partial charge < -0.3 is 4.74 Å². The molecule has 1 aliphatic carbocycles. The van der Waals surface area contributed by atoms with Crippen molar-refractivity contribution in [3.05, 3.63) is 52.9 Å². The van der Waals surface area contributed by atoms with Gasteiger partial charge in [0.1, 0.15) is 0 Å². The van der Waals surface area contributed by atoms with Crippen molar-refractivity contribution in [1.82, 2.24) is 0 Å². The second kappa shape index (κ2) is 11.9. The van der Waals surface area contributed by atoms with E-state index in [1.807, 2.05) is 7.11 Å². The van der Waals surface area contributed by atoms with Gasteiger partial charge in [0.15, 0.2) is 0 Å². The van der Waals surface area contributed by atoms with Crippen LogP contribution in [0.25, 0.3) is 0 Å². The van der Waals surface area contributed by atoms with Crippen LogP contribution in [-0.4, -0.2) is 57.6 Å². The predicted molar refractivity (Wildman–Crippen MR) is 212 cm³/mol. The smallest absolute Gasteiger partial charge is 0.0974 e. The molecule has 43 heavy (non-hydrogen) atoms. The molecule has 1 aromatic rings. The van der Waals surface area contributed by atoms with Gasteiger partial charge in [0.05, 0.1) is 12.7 Å². The van der Waals surface area contributed by atoms with Crippen LogP contribution in [0, 0.1) is 0 Å². The van der Waals surface area contributed by atoms with Gasteiger partial charge in [0.25, 0.3) is 0 Å². The Bertz CT molecular complexity index is 1140. The fourth-order valence-corrected chi connectivity index (χ4v) is 206. The summed E-state index contributed by atoms with van der Waals surface area (Å²) in [7, 11) is -6.22. The van der Waals surface area contributed by atoms with Crippen LogP contribution in [0.3, 0.4) is 0 Å². The number of benzene rings is 1. The molecule has 0 aromatic heterocycles. The van der Waals surface area contributed by atoms with Crippen molar-refractivity contribution in [3.63, 3.8) is 0 Å². The van der Waals surface area contributed by atoms with Crippen molar-refractivity contribution >= 4 is 44.3 Å². The maximum atomic E-state index is 6.16. The van der Waals surface area contributed by atoms with E-state index in [0.29, 0.717) is 26.1 Å². The third-order valence-electron chi connectivity index (χ3n) is 13.8. The minimum Gasteiger partial charge on any atom is -0.375 e. The number of rotatable bonds is 8. The molecule has 2 rings (SSSR count). The van der Waals surface area contributed by atoms with Gasteiger partial charge in [-0.05, 0) is 25.7 Å². The van der Waals surface area contributed by atoms with Crippen molar-refractivity contribution in [1.29, 1.82) is 0 Å². The van der Waals surface area contributed by atoms with Crippen LogP contribution >= 0.6 is 0 Å². The standard InChI is InChI=1S/C36H71OSi6/c1-33(2,3)39(14,15)38(40(16,17)34(4,5)6)43(41(18,19)35(7,8)9,42(20,21)36(10,11)12)28-27-30-31(32(30)37-13)29-25-23-22-24-26-29/h22-26,28,31-32H,1-21H3/t27?,31-,32+/m0/s1. The monoisotopic (exact) mass is 687 g/mol. The molecule has 1 aromatic carbocycles. The van der Waals surface area contributed by atoms with Gasteiger partial charge in [-0.25, -0.2) is 0 Å². The van der Waals surface area contributed by atoms with Crippen LogP contribution in [0.4, 0.5) is 0 Å². The number of ether oxygens (including phenoxy) is 1. The zero-order chi connectivity index (χ0) is 34.0. The third-order valence-corrected chi connectivity index (χ3v) is 134. The fourth-order valence-electron chi connectivity index (χ4n) is 7.42. The number of hydrogen-bond acceptors (Lipinski definition) is 1. The zero-order valence-electron chi connectivity index (χ0n) is 32.5. The largest absolute Gasteiger partial charge is 0.375 e. The van der Waals surface area contributed by atoms with Gasteiger partial charge in [-0.1, -0.05) is 171 Å². The summed E-state index contributed by atoms with van der Waals surface area (Å²) in [5.74, 6) is 0.351. The molecule has 0 bridgehead atoms. The lowest BCUT2D eigenvalue weighted by Crippen LogP contribution is -2.93. The predicted octanol–water partition coefficient (Wildman–Crippen LogP) is 11.8. The molecule has 1 saturated carbocycles. The van der Waals surface area contributed by atoms with E-state index < -0.39 is 44.3 Å². The number of methoxy groups -OCH3 is 1. The maximum Gasteiger partial charge on any atom is 0.0974 e. The molecule has 245 valence electrons. The third kappa shape index (κ3) is 6.46. The van der Waals surface area contributed by atoms with Crippen LogP contribution in [0.15, 0.2) is 47.3 Å². The van der Waals surface area contributed by atoms with Gasteiger partial charge in [-0.2, -0.15) is 0 Å². The molecule has 0 heterocycles. The van der Waals surface area contributed by atoms with Gasteiger partial charge in [0.2, 0.25) is 0 Å². The summed E-state index contributed by atoms with van der Waals surface area (Å²) < 4.78 is 6.16. The van der Waals surface area contributed by atoms with Crippen molar-refractivity contribution in [3.8, 4) is 0 Å². The first-order chi connectivity index (χ1) is 18.9. The molecule has 0 spiro atoms. The van der Waals surface area contributed by atoms with E-state index in [0.717, 1.165) is 0 Å². The minimum atomic E-state index is -2.15. The van der Waals surface area contributed by atoms with Gasteiger partial charge in [0, 0.05) is 56.3 Å². The van der Waals surface area contributed by atoms with E-state index in [9.17, 15) is 0 Å². The van der Waals surface area contributed by atoms with Crippen molar-refractivity contribution < 1.29 is 4.74 Å². The van der Waals surface area contributed by atoms with Gasteiger partial charge in [-0.3, -0.25) is 0 Å². The van der Waals surface area contributed by atoms with E-state index in [4.69, 9.17) is 4.74 Å². The molecular weight excluding hydrogens is 617 g/mol. The Morgan fingerprint density at radius 1 is 0.628 bits per heavy atom. The first-order valence-corrected chi connectivity index (χ1v) is 37.4. The lowest BCUT2D eigenvalue weighted by atomic mass is 10.1. The van der Waals surface area contributed by atoms with Crippen LogP contribution in [0.5, 0.6) is 0 Å². The lowest BCUT2D eigenvalue weighted by molar-refractivity contribution is 0.186. The Balaban J connectivity index is 3.35. The highest BCUT2D eigenvalue weighted by molar-refractivity contribution is 8.05. The molecule has 1 radical (unpaired) electrons. The topological polar surface area (TPSA) is 9.23 Å². The quantitative estimate of drug-likeness (QED) is 0.195. The lowest BCUT2D eigenvalue weighted by Gasteiger charge is -2.69. The average Bonchev–Trinajstić information content (AvgIpc) is 3.51. The zero-order valence-corrected chi connectivity index (χ0v) is 38.5. The Morgan fingerprint density at radius 2 is 1.00 bits per heavy atom. The summed E-state index contributed by atoms with van der Waals surface area (Å²) >= 11 is 0. The first kappa shape index (κ1) is 39.2. The highest BCUT2D eigenvalue weighted by Gasteiger charge is 2.74. The summed E-state index contributed by atoms with van der Waals surface area (Å²) in [6, 6.07) is 11.1. The summed E-state index contributed by atoms with van der Waals surface area (Å²) in [5, 5.41) is 1.37. The summed E-state index contributed by atoms with van der Waals surface area (Å²) in [4.78, 5) is 0. The Morgan fingerprint density at radius 3 is 1.30 bits per heavy atom. The highest BCUT2D eigenvalue weighted by atomic mass is 30.2. The SMILES string of the molecule is CO[C@@H]1C(=C=C[Si]([Si]([Si](C)(C)C(C)(C)C)[Si](C)(C)C(C)(C)C)([Si](C)(C)C(C)(C)C)[Si](C)(C)C(C)(C)C)[C@@H]1c1ccccc1. The van der Waals surface area contributed by atoms with E-state index >= 15 is 0 Å². The molecule has 0 N–H and O–H groups in total. The summed E-state index contributed by atoms with van der Waals surface area (Å²) in [5.41, 5.74) is 10.1. The molecule has 1 fully saturated rings. The van der Waals surface area contributed by atoms with E-state index in [-0.39, 0.29) is 6.10 Å². The fraction of sp³-hybridized carbons (Fsp3) is 0.750. The van der Waals surface area contributed by atoms with E-state index in [1.54, 1.807) is 0 Å². The Kier molecular flexibility index (Phi) is 10.9. The van der Waals surface area contributed by atoms with Gasteiger partial charge in [-0.15, -0.1) is 5.73 Å². The van der Waals surface area contributed by atoms with Gasteiger partial charge >= 0.3 is 0 Å². The van der Waals surface area contributed by atoms with Crippen LogP contribution in [-0.2, 0) is 4.74 Å². The molecule has 7 heteroatoms. The molecule has 1 aliphatic rings. The Hall–Kier alpha value is 0.00130. The molecule has 0 saturated heterocycles. The maximum absolute atomic E-state index is 6.16. The molecule has 1 nitrogen and oxygen atoms in total. The molecule has 0 unspecified atom stereocenters. The van der Waals surface area contributed by atoms with Crippen LogP contribution in [0.1, 0.15) is 94.6 Å². The highest BCUT2D eigenvalue weighted by Crippen LogP contribution is 2.59. The van der Waals surface area contributed by atoms with Crippen LogP contribution < -0.4 is 0 Å². The number of hydrogen-bond donors (Lipinski definition) is 0. The van der Waals surface area contributed by atoms with Crippen molar-refractivity contribution in [2.45, 2.75) is 168 Å². The minimum absolute atomic E-state index is 0.167. The summed E-state index contributed by atoms with van der Waals surface area (Å²) in [6.07, 6.45) is 0.167. The Labute approximate surface area is 275 Å². The van der Waals surface area contributed by atoms with E-state index in [1.165, 1.54) is 11.1 Å². The molecular formula is C36H71OSi6. The molecule has 2 atom stereocenters. The van der Waals surface area contributed by atoms with Crippen molar-refractivity contribution in [2.24, 2.45) is 0 Å². The van der Waals surface area contributed by atoms with Crippen LogP contribution in [0.2, 0.25) is 72.5 Å². The summed E-state index contributed by atoms with van der Waals surface area (Å²) in [6.45, 7) is 52.4. The second-order valence-corrected chi connectivity index (χ2v) is 77.2. The van der Waals surface area contributed by atoms with Crippen molar-refractivity contribution in [2.75, 3.05) is 7.11 Å². The van der Waals surface area contributed by atoms with E-state index in [2.05, 4.69) is 177 Å². The molecule has 0 amide bonds. The average molecular weight is 688 g/mol. The first-order valence-electron chi connectivity index (χ1n) is 16.8. The molecule has 0 aliphatic heterocycles.